The lowest BCUT2D eigenvalue weighted by molar-refractivity contribution is 0.0696. The van der Waals surface area contributed by atoms with E-state index < -0.39 is 16.0 Å². The Morgan fingerprint density at radius 1 is 1.35 bits per heavy atom. The second-order valence-electron chi connectivity index (χ2n) is 4.31. The molecule has 0 bridgehead atoms. The predicted molar refractivity (Wildman–Crippen MR) is 74.6 cm³/mol. The summed E-state index contributed by atoms with van der Waals surface area (Å²) in [6, 6.07) is 3.52. The van der Waals surface area contributed by atoms with Crippen LogP contribution in [0.15, 0.2) is 23.1 Å². The van der Waals surface area contributed by atoms with Crippen molar-refractivity contribution in [1.82, 2.24) is 4.72 Å². The van der Waals surface area contributed by atoms with E-state index in [1.807, 2.05) is 13.8 Å². The maximum absolute atomic E-state index is 12.3. The topological polar surface area (TPSA) is 92.7 Å². The minimum Gasteiger partial charge on any atom is -0.495 e. The first-order valence-corrected chi connectivity index (χ1v) is 7.77. The Balaban J connectivity index is 3.21. The molecule has 2 N–H and O–H groups in total. The molecule has 0 unspecified atom stereocenters. The molecule has 0 atom stereocenters. The van der Waals surface area contributed by atoms with E-state index in [0.29, 0.717) is 12.8 Å². The SMILES string of the molecule is CCC(CC)NS(=O)(=O)c1ccc(C(=O)O)cc1OC. The first-order chi connectivity index (χ1) is 9.35. The Labute approximate surface area is 118 Å². The molecule has 1 aromatic rings. The lowest BCUT2D eigenvalue weighted by atomic mass is 10.2. The molecule has 6 nitrogen and oxygen atoms in total. The summed E-state index contributed by atoms with van der Waals surface area (Å²) in [6.45, 7) is 3.78. The highest BCUT2D eigenvalue weighted by Gasteiger charge is 2.23. The molecule has 0 aliphatic carbocycles. The van der Waals surface area contributed by atoms with Crippen molar-refractivity contribution in [2.75, 3.05) is 7.11 Å². The first kappa shape index (κ1) is 16.5. The third-order valence-corrected chi connectivity index (χ3v) is 4.57. The number of hydrogen-bond donors (Lipinski definition) is 2. The maximum Gasteiger partial charge on any atom is 0.335 e. The zero-order valence-electron chi connectivity index (χ0n) is 11.7. The first-order valence-electron chi connectivity index (χ1n) is 6.29. The number of hydrogen-bond acceptors (Lipinski definition) is 4. The number of nitrogens with one attached hydrogen (secondary N) is 1. The molecule has 20 heavy (non-hydrogen) atoms. The van der Waals surface area contributed by atoms with Crippen LogP contribution in [0.2, 0.25) is 0 Å². The molecular weight excluding hydrogens is 282 g/mol. The quantitative estimate of drug-likeness (QED) is 0.802. The van der Waals surface area contributed by atoms with E-state index >= 15 is 0 Å². The largest absolute Gasteiger partial charge is 0.495 e. The molecule has 0 fully saturated rings. The normalized spacial score (nSPS) is 11.6. The molecule has 7 heteroatoms. The van der Waals surface area contributed by atoms with Gasteiger partial charge in [0.1, 0.15) is 10.6 Å². The van der Waals surface area contributed by atoms with Crippen molar-refractivity contribution >= 4 is 16.0 Å². The molecule has 0 amide bonds. The van der Waals surface area contributed by atoms with Gasteiger partial charge in [0.2, 0.25) is 10.0 Å². The van der Waals surface area contributed by atoms with Crippen molar-refractivity contribution in [1.29, 1.82) is 0 Å². The van der Waals surface area contributed by atoms with Gasteiger partial charge in [-0.1, -0.05) is 13.8 Å². The van der Waals surface area contributed by atoms with Crippen molar-refractivity contribution < 1.29 is 23.1 Å². The number of sulfonamides is 1. The average molecular weight is 301 g/mol. The fraction of sp³-hybridized carbons (Fsp3) is 0.462. The Hall–Kier alpha value is -1.60. The van der Waals surface area contributed by atoms with Crippen LogP contribution in [0.4, 0.5) is 0 Å². The van der Waals surface area contributed by atoms with E-state index in [-0.39, 0.29) is 22.3 Å². The molecule has 1 aromatic carbocycles. The summed E-state index contributed by atoms with van der Waals surface area (Å²) in [4.78, 5) is 10.8. The summed E-state index contributed by atoms with van der Waals surface area (Å²) < 4.78 is 32.1. The summed E-state index contributed by atoms with van der Waals surface area (Å²) >= 11 is 0. The molecule has 0 aliphatic rings. The van der Waals surface area contributed by atoms with Crippen LogP contribution in [0.1, 0.15) is 37.0 Å². The zero-order valence-corrected chi connectivity index (χ0v) is 12.5. The number of carboxylic acids is 1. The van der Waals surface area contributed by atoms with Crippen molar-refractivity contribution in [3.8, 4) is 5.75 Å². The van der Waals surface area contributed by atoms with Gasteiger partial charge in [0.25, 0.3) is 0 Å². The monoisotopic (exact) mass is 301 g/mol. The van der Waals surface area contributed by atoms with Gasteiger partial charge in [0, 0.05) is 6.04 Å². The molecule has 112 valence electrons. The van der Waals surface area contributed by atoms with Gasteiger partial charge in [0.15, 0.2) is 0 Å². The number of carboxylic acid groups (broad SMARTS) is 1. The van der Waals surface area contributed by atoms with Crippen molar-refractivity contribution in [2.24, 2.45) is 0 Å². The van der Waals surface area contributed by atoms with Crippen LogP contribution in [-0.4, -0.2) is 32.6 Å². The molecule has 0 aromatic heterocycles. The van der Waals surface area contributed by atoms with E-state index in [1.165, 1.54) is 25.3 Å². The highest BCUT2D eigenvalue weighted by molar-refractivity contribution is 7.89. The van der Waals surface area contributed by atoms with Gasteiger partial charge in [-0.25, -0.2) is 17.9 Å². The van der Waals surface area contributed by atoms with Crippen molar-refractivity contribution in [3.05, 3.63) is 23.8 Å². The van der Waals surface area contributed by atoms with E-state index in [9.17, 15) is 13.2 Å². The third kappa shape index (κ3) is 3.71. The van der Waals surface area contributed by atoms with Crippen LogP contribution < -0.4 is 9.46 Å². The van der Waals surface area contributed by atoms with Crippen LogP contribution in [-0.2, 0) is 10.0 Å². The fourth-order valence-electron chi connectivity index (χ4n) is 1.76. The Morgan fingerprint density at radius 2 is 1.95 bits per heavy atom. The van der Waals surface area contributed by atoms with Crippen LogP contribution in [0, 0.1) is 0 Å². The van der Waals surface area contributed by atoms with E-state index in [4.69, 9.17) is 9.84 Å². The molecular formula is C13H19NO5S. The molecule has 0 saturated carbocycles. The highest BCUT2D eigenvalue weighted by Crippen LogP contribution is 2.25. The summed E-state index contributed by atoms with van der Waals surface area (Å²) in [6.07, 6.45) is 1.34. The minimum absolute atomic E-state index is 0.0170. The summed E-state index contributed by atoms with van der Waals surface area (Å²) in [7, 11) is -2.43. The second kappa shape index (κ2) is 6.71. The Kier molecular flexibility index (Phi) is 5.52. The van der Waals surface area contributed by atoms with Crippen molar-refractivity contribution in [3.63, 3.8) is 0 Å². The van der Waals surface area contributed by atoms with Gasteiger partial charge >= 0.3 is 5.97 Å². The Morgan fingerprint density at radius 3 is 2.40 bits per heavy atom. The number of rotatable bonds is 7. The molecule has 0 saturated heterocycles. The summed E-state index contributed by atoms with van der Waals surface area (Å²) in [5, 5.41) is 8.90. The molecule has 1 rings (SSSR count). The van der Waals surface area contributed by atoms with Gasteiger partial charge in [-0.05, 0) is 31.0 Å². The van der Waals surface area contributed by atoms with Gasteiger partial charge in [0.05, 0.1) is 12.7 Å². The lowest BCUT2D eigenvalue weighted by Crippen LogP contribution is -2.34. The van der Waals surface area contributed by atoms with E-state index in [1.54, 1.807) is 0 Å². The minimum atomic E-state index is -3.74. The van der Waals surface area contributed by atoms with Crippen LogP contribution in [0.3, 0.4) is 0 Å². The lowest BCUT2D eigenvalue weighted by Gasteiger charge is -2.16. The number of ether oxygens (including phenoxy) is 1. The number of aromatic carboxylic acids is 1. The number of carbonyl (C=O) groups is 1. The molecule has 0 spiro atoms. The third-order valence-electron chi connectivity index (χ3n) is 3.01. The zero-order chi connectivity index (χ0) is 15.3. The Bertz CT molecular complexity index is 578. The van der Waals surface area contributed by atoms with E-state index in [2.05, 4.69) is 4.72 Å². The van der Waals surface area contributed by atoms with Gasteiger partial charge in [-0.15, -0.1) is 0 Å². The van der Waals surface area contributed by atoms with E-state index in [0.717, 1.165) is 0 Å². The maximum atomic E-state index is 12.3. The van der Waals surface area contributed by atoms with Crippen LogP contribution in [0.25, 0.3) is 0 Å². The second-order valence-corrected chi connectivity index (χ2v) is 5.99. The van der Waals surface area contributed by atoms with Gasteiger partial charge in [-0.3, -0.25) is 0 Å². The number of benzene rings is 1. The smallest absolute Gasteiger partial charge is 0.335 e. The fourth-order valence-corrected chi connectivity index (χ4v) is 3.31. The predicted octanol–water partition coefficient (Wildman–Crippen LogP) is 1.86. The van der Waals surface area contributed by atoms with Crippen molar-refractivity contribution in [2.45, 2.75) is 37.6 Å². The molecule has 0 radical (unpaired) electrons. The average Bonchev–Trinajstić information content (AvgIpc) is 2.43. The molecule has 0 aliphatic heterocycles. The van der Waals surface area contributed by atoms with Gasteiger partial charge < -0.3 is 9.84 Å². The summed E-state index contributed by atoms with van der Waals surface area (Å²) in [5.41, 5.74) is -0.0247. The highest BCUT2D eigenvalue weighted by atomic mass is 32.2. The number of methoxy groups -OCH3 is 1. The standard InChI is InChI=1S/C13H19NO5S/c1-4-10(5-2)14-20(17,18)12-7-6-9(13(15)16)8-11(12)19-3/h6-8,10,14H,4-5H2,1-3H3,(H,15,16). The van der Waals surface area contributed by atoms with Gasteiger partial charge in [-0.2, -0.15) is 0 Å². The van der Waals surface area contributed by atoms with Crippen LogP contribution >= 0.6 is 0 Å². The summed E-state index contributed by atoms with van der Waals surface area (Å²) in [5.74, 6) is -1.12. The molecule has 0 heterocycles. The van der Waals surface area contributed by atoms with Crippen LogP contribution in [0.5, 0.6) is 5.75 Å².